The van der Waals surface area contributed by atoms with E-state index in [9.17, 15) is 9.18 Å². The first-order chi connectivity index (χ1) is 14.5. The summed E-state index contributed by atoms with van der Waals surface area (Å²) in [5.41, 5.74) is 7.25. The number of likely N-dealkylation sites (N-methyl/N-ethyl adjacent to an activating group) is 1. The molecule has 2 N–H and O–H groups in total. The van der Waals surface area contributed by atoms with Crippen LogP contribution in [0.2, 0.25) is 0 Å². The number of piperazine rings is 1. The van der Waals surface area contributed by atoms with Crippen molar-refractivity contribution >= 4 is 11.7 Å². The molecule has 1 aliphatic rings. The van der Waals surface area contributed by atoms with Crippen LogP contribution in [0, 0.1) is 5.82 Å². The Hall–Kier alpha value is -3.45. The number of halogens is 1. The molecular formula is C23H23FN4O2. The molecule has 154 valence electrons. The number of nitrogens with two attached hydrogens (primary N) is 1. The predicted molar refractivity (Wildman–Crippen MR) is 114 cm³/mol. The molecule has 0 unspecified atom stereocenters. The van der Waals surface area contributed by atoms with Crippen molar-refractivity contribution in [2.75, 3.05) is 38.1 Å². The van der Waals surface area contributed by atoms with E-state index in [4.69, 9.17) is 15.5 Å². The van der Waals surface area contributed by atoms with Gasteiger partial charge < -0.3 is 20.3 Å². The molecule has 30 heavy (non-hydrogen) atoms. The number of hydrogen-bond donors (Lipinski definition) is 1. The largest absolute Gasteiger partial charge is 0.457 e. The first-order valence-electron chi connectivity index (χ1n) is 9.78. The first-order valence-corrected chi connectivity index (χ1v) is 9.78. The highest BCUT2D eigenvalue weighted by molar-refractivity contribution is 5.99. The van der Waals surface area contributed by atoms with E-state index in [1.807, 2.05) is 18.2 Å². The van der Waals surface area contributed by atoms with Crippen LogP contribution in [0.3, 0.4) is 0 Å². The standard InChI is InChI=1S/C23H23FN4O2/c1-27-11-13-28(14-12-27)21-10-9-20(23(25)29)22(26-21)16-5-7-18(8-6-16)30-19-4-2-3-17(24)15-19/h2-10,15H,11-14H2,1H3,(H2,25,29). The van der Waals surface area contributed by atoms with E-state index in [0.29, 0.717) is 22.8 Å². The average molecular weight is 406 g/mol. The highest BCUT2D eigenvalue weighted by Gasteiger charge is 2.19. The zero-order valence-electron chi connectivity index (χ0n) is 16.7. The van der Waals surface area contributed by atoms with Crippen molar-refractivity contribution in [1.82, 2.24) is 9.88 Å². The Kier molecular flexibility index (Phi) is 5.63. The second-order valence-corrected chi connectivity index (χ2v) is 7.30. The van der Waals surface area contributed by atoms with Gasteiger partial charge in [0.25, 0.3) is 5.91 Å². The van der Waals surface area contributed by atoms with Gasteiger partial charge in [-0.3, -0.25) is 4.79 Å². The Morgan fingerprint density at radius 1 is 1.00 bits per heavy atom. The third kappa shape index (κ3) is 4.41. The van der Waals surface area contributed by atoms with E-state index in [1.165, 1.54) is 12.1 Å². The molecule has 1 amide bonds. The minimum absolute atomic E-state index is 0.361. The van der Waals surface area contributed by atoms with E-state index in [-0.39, 0.29) is 5.82 Å². The van der Waals surface area contributed by atoms with Gasteiger partial charge in [0, 0.05) is 37.8 Å². The third-order valence-electron chi connectivity index (χ3n) is 5.13. The van der Waals surface area contributed by atoms with Crippen molar-refractivity contribution in [2.24, 2.45) is 5.73 Å². The number of primary amides is 1. The van der Waals surface area contributed by atoms with E-state index >= 15 is 0 Å². The molecule has 1 saturated heterocycles. The molecule has 2 heterocycles. The second kappa shape index (κ2) is 8.51. The van der Waals surface area contributed by atoms with Crippen molar-refractivity contribution in [3.63, 3.8) is 0 Å². The first kappa shape index (κ1) is 19.8. The molecule has 0 bridgehead atoms. The molecule has 0 atom stereocenters. The molecule has 7 heteroatoms. The van der Waals surface area contributed by atoms with Gasteiger partial charge in [0.2, 0.25) is 0 Å². The molecule has 4 rings (SSSR count). The van der Waals surface area contributed by atoms with Crippen LogP contribution in [-0.4, -0.2) is 49.0 Å². The zero-order chi connectivity index (χ0) is 21.1. The Morgan fingerprint density at radius 2 is 1.73 bits per heavy atom. The fourth-order valence-electron chi connectivity index (χ4n) is 3.43. The number of aromatic nitrogens is 1. The van der Waals surface area contributed by atoms with Gasteiger partial charge in [-0.15, -0.1) is 0 Å². The smallest absolute Gasteiger partial charge is 0.250 e. The summed E-state index contributed by atoms with van der Waals surface area (Å²) in [6.07, 6.45) is 0. The summed E-state index contributed by atoms with van der Waals surface area (Å²) in [5.74, 6) is 0.904. The lowest BCUT2D eigenvalue weighted by Crippen LogP contribution is -2.44. The SMILES string of the molecule is CN1CCN(c2ccc(C(N)=O)c(-c3ccc(Oc4cccc(F)c4)cc3)n2)CC1. The van der Waals surface area contributed by atoms with Crippen LogP contribution in [0.4, 0.5) is 10.2 Å². The maximum Gasteiger partial charge on any atom is 0.250 e. The van der Waals surface area contributed by atoms with E-state index in [0.717, 1.165) is 37.6 Å². The normalized spacial score (nSPS) is 14.5. The van der Waals surface area contributed by atoms with E-state index in [2.05, 4.69) is 16.8 Å². The topological polar surface area (TPSA) is 71.7 Å². The quantitative estimate of drug-likeness (QED) is 0.702. The molecule has 1 aliphatic heterocycles. The number of carbonyl (C=O) groups excluding carboxylic acids is 1. The van der Waals surface area contributed by atoms with Crippen LogP contribution >= 0.6 is 0 Å². The number of rotatable bonds is 5. The summed E-state index contributed by atoms with van der Waals surface area (Å²) in [6, 6.07) is 16.7. The summed E-state index contributed by atoms with van der Waals surface area (Å²) in [4.78, 5) is 21.2. The number of ether oxygens (including phenoxy) is 1. The Balaban J connectivity index is 1.61. The van der Waals surface area contributed by atoms with Gasteiger partial charge in [-0.1, -0.05) is 6.07 Å². The van der Waals surface area contributed by atoms with Crippen molar-refractivity contribution in [2.45, 2.75) is 0 Å². The molecule has 6 nitrogen and oxygen atoms in total. The molecule has 3 aromatic rings. The third-order valence-corrected chi connectivity index (χ3v) is 5.13. The summed E-state index contributed by atoms with van der Waals surface area (Å²) in [6.45, 7) is 3.67. The monoisotopic (exact) mass is 406 g/mol. The molecule has 0 saturated carbocycles. The lowest BCUT2D eigenvalue weighted by molar-refractivity contribution is 0.100. The Morgan fingerprint density at radius 3 is 2.40 bits per heavy atom. The van der Waals surface area contributed by atoms with Gasteiger partial charge >= 0.3 is 0 Å². The highest BCUT2D eigenvalue weighted by atomic mass is 19.1. The summed E-state index contributed by atoms with van der Waals surface area (Å²) in [7, 11) is 2.10. The van der Waals surface area contributed by atoms with Crippen LogP contribution in [0.15, 0.2) is 60.7 Å². The van der Waals surface area contributed by atoms with E-state index in [1.54, 1.807) is 30.3 Å². The number of benzene rings is 2. The zero-order valence-corrected chi connectivity index (χ0v) is 16.7. The molecule has 0 spiro atoms. The fourth-order valence-corrected chi connectivity index (χ4v) is 3.43. The Labute approximate surface area is 174 Å². The van der Waals surface area contributed by atoms with Crippen LogP contribution in [0.5, 0.6) is 11.5 Å². The van der Waals surface area contributed by atoms with Gasteiger partial charge in [-0.25, -0.2) is 9.37 Å². The van der Waals surface area contributed by atoms with Crippen molar-refractivity contribution in [1.29, 1.82) is 0 Å². The number of anilines is 1. The maximum atomic E-state index is 13.3. The highest BCUT2D eigenvalue weighted by Crippen LogP contribution is 2.29. The lowest BCUT2D eigenvalue weighted by Gasteiger charge is -2.33. The van der Waals surface area contributed by atoms with Crippen molar-refractivity contribution in [3.8, 4) is 22.8 Å². The molecule has 0 aliphatic carbocycles. The minimum Gasteiger partial charge on any atom is -0.457 e. The summed E-state index contributed by atoms with van der Waals surface area (Å²) < 4.78 is 19.0. The van der Waals surface area contributed by atoms with Gasteiger partial charge in [0.15, 0.2) is 0 Å². The van der Waals surface area contributed by atoms with Gasteiger partial charge in [-0.05, 0) is 55.6 Å². The van der Waals surface area contributed by atoms with Crippen LogP contribution in [0.1, 0.15) is 10.4 Å². The van der Waals surface area contributed by atoms with Crippen LogP contribution in [-0.2, 0) is 0 Å². The molecular weight excluding hydrogens is 383 g/mol. The number of nitrogens with zero attached hydrogens (tertiary/aromatic N) is 3. The minimum atomic E-state index is -0.525. The number of pyridine rings is 1. The van der Waals surface area contributed by atoms with Crippen molar-refractivity contribution < 1.29 is 13.9 Å². The van der Waals surface area contributed by atoms with Gasteiger partial charge in [-0.2, -0.15) is 0 Å². The van der Waals surface area contributed by atoms with Crippen LogP contribution < -0.4 is 15.4 Å². The molecule has 0 radical (unpaired) electrons. The van der Waals surface area contributed by atoms with E-state index < -0.39 is 5.91 Å². The van der Waals surface area contributed by atoms with Crippen LogP contribution in [0.25, 0.3) is 11.3 Å². The maximum absolute atomic E-state index is 13.3. The molecule has 2 aromatic carbocycles. The molecule has 1 aromatic heterocycles. The Bertz CT molecular complexity index is 1050. The number of amides is 1. The second-order valence-electron chi connectivity index (χ2n) is 7.30. The number of carbonyl (C=O) groups is 1. The number of hydrogen-bond acceptors (Lipinski definition) is 5. The van der Waals surface area contributed by atoms with Gasteiger partial charge in [0.1, 0.15) is 23.1 Å². The molecule has 1 fully saturated rings. The summed E-state index contributed by atoms with van der Waals surface area (Å²) >= 11 is 0. The predicted octanol–water partition coefficient (Wildman–Crippen LogP) is 3.53. The van der Waals surface area contributed by atoms with Gasteiger partial charge in [0.05, 0.1) is 11.3 Å². The lowest BCUT2D eigenvalue weighted by atomic mass is 10.0. The van der Waals surface area contributed by atoms with Crippen molar-refractivity contribution in [3.05, 3.63) is 72.0 Å². The average Bonchev–Trinajstić information content (AvgIpc) is 2.74. The summed E-state index contributed by atoms with van der Waals surface area (Å²) in [5, 5.41) is 0. The fraction of sp³-hybridized carbons (Fsp3) is 0.217.